The van der Waals surface area contributed by atoms with E-state index >= 15 is 0 Å². The Balaban J connectivity index is 1.33. The molecule has 45 heavy (non-hydrogen) atoms. The van der Waals surface area contributed by atoms with Crippen LogP contribution >= 0.6 is 11.3 Å². The summed E-state index contributed by atoms with van der Waals surface area (Å²) in [5.74, 6) is -2.66. The van der Waals surface area contributed by atoms with Crippen LogP contribution in [0.3, 0.4) is 0 Å². The highest BCUT2D eigenvalue weighted by Gasteiger charge is 2.57. The largest absolute Gasteiger partial charge is 0.489 e. The highest BCUT2D eigenvalue weighted by Crippen LogP contribution is 2.47. The summed E-state index contributed by atoms with van der Waals surface area (Å²) in [5, 5.41) is 16.4. The summed E-state index contributed by atoms with van der Waals surface area (Å²) < 4.78 is 63.8. The van der Waals surface area contributed by atoms with E-state index in [2.05, 4.69) is 20.6 Å². The molecule has 6 rings (SSSR count). The first kappa shape index (κ1) is 30.4. The zero-order valence-electron chi connectivity index (χ0n) is 23.5. The number of fused-ring (bicyclic) bond motifs is 2. The Morgan fingerprint density at radius 1 is 1.11 bits per heavy atom. The number of thiazole rings is 1. The van der Waals surface area contributed by atoms with Crippen LogP contribution in [0, 0.1) is 11.7 Å². The van der Waals surface area contributed by atoms with Crippen LogP contribution in [0.1, 0.15) is 41.4 Å². The number of primary amides is 1. The number of ether oxygens (including phenoxy) is 1. The molecular weight excluding hydrogens is 618 g/mol. The van der Waals surface area contributed by atoms with Crippen molar-refractivity contribution >= 4 is 44.4 Å². The predicted octanol–water partition coefficient (Wildman–Crippen LogP) is 4.16. The lowest BCUT2D eigenvalue weighted by Gasteiger charge is -2.31. The van der Waals surface area contributed by atoms with Gasteiger partial charge >= 0.3 is 6.18 Å². The molecule has 3 amide bonds. The van der Waals surface area contributed by atoms with Gasteiger partial charge < -0.3 is 26.2 Å². The number of carbonyl (C=O) groups excluding carboxylic acids is 3. The van der Waals surface area contributed by atoms with E-state index in [1.807, 2.05) is 0 Å². The highest BCUT2D eigenvalue weighted by atomic mass is 32.1. The molecule has 1 fully saturated rings. The van der Waals surface area contributed by atoms with Crippen molar-refractivity contribution in [3.05, 3.63) is 71.2 Å². The van der Waals surface area contributed by atoms with Crippen molar-refractivity contribution in [2.75, 3.05) is 18.5 Å². The summed E-state index contributed by atoms with van der Waals surface area (Å²) in [7, 11) is 0. The van der Waals surface area contributed by atoms with Crippen molar-refractivity contribution in [2.45, 2.75) is 37.0 Å². The van der Waals surface area contributed by atoms with E-state index in [1.165, 1.54) is 37.3 Å². The Hall–Kier alpha value is -4.63. The molecule has 15 heteroatoms. The second-order valence-electron chi connectivity index (χ2n) is 11.2. The SMILES string of the molecule is C[C@]1(C(N)=O)COc2c1cc(C(O)(CNC(=O)c1ccc3nc(NC(=O)C4CC4)sc3c1)C(F)(F)F)nc2-c1ccc(F)cc1. The fourth-order valence-electron chi connectivity index (χ4n) is 4.92. The molecule has 1 saturated carbocycles. The van der Waals surface area contributed by atoms with Crippen molar-refractivity contribution in [1.29, 1.82) is 0 Å². The average Bonchev–Trinajstić information content (AvgIpc) is 3.69. The number of anilines is 1. The molecule has 0 saturated heterocycles. The van der Waals surface area contributed by atoms with Gasteiger partial charge in [-0.25, -0.2) is 14.4 Å². The number of benzene rings is 2. The Labute approximate surface area is 256 Å². The van der Waals surface area contributed by atoms with Crippen LogP contribution in [-0.4, -0.2) is 52.1 Å². The molecular formula is C30H25F4N5O5S. The van der Waals surface area contributed by atoms with Crippen molar-refractivity contribution in [3.63, 3.8) is 0 Å². The molecule has 0 spiro atoms. The summed E-state index contributed by atoms with van der Waals surface area (Å²) in [5.41, 5.74) is -0.255. The van der Waals surface area contributed by atoms with Gasteiger partial charge in [-0.2, -0.15) is 13.2 Å². The number of amides is 3. The summed E-state index contributed by atoms with van der Waals surface area (Å²) in [4.78, 5) is 45.9. The number of pyridine rings is 1. The number of carbonyl (C=O) groups is 3. The lowest BCUT2D eigenvalue weighted by molar-refractivity contribution is -0.265. The monoisotopic (exact) mass is 643 g/mol. The Bertz CT molecular complexity index is 1860. The number of rotatable bonds is 8. The third-order valence-electron chi connectivity index (χ3n) is 7.96. The standard InChI is InChI=1S/C30H25F4N5O5S/c1-28(26(35)42)13-44-23-18(28)11-21(38-22(23)14-4-7-17(31)8-5-14)29(43,30(32,33)34)12-36-24(40)16-6-9-19-20(10-16)45-27(37-19)39-25(41)15-2-3-15/h4-11,15,43H,2-3,12-13H2,1H3,(H2,35,42)(H,36,40)(H,37,39,41)/t28-,29?/m0/s1. The molecule has 1 unspecified atom stereocenters. The van der Waals surface area contributed by atoms with E-state index in [1.54, 1.807) is 0 Å². The molecule has 0 bridgehead atoms. The number of aliphatic hydroxyl groups is 1. The minimum Gasteiger partial charge on any atom is -0.489 e. The van der Waals surface area contributed by atoms with Crippen LogP contribution in [0.4, 0.5) is 22.7 Å². The second kappa shape index (κ2) is 10.8. The van der Waals surface area contributed by atoms with Gasteiger partial charge in [-0.05, 0) is 68.3 Å². The van der Waals surface area contributed by atoms with Gasteiger partial charge in [-0.3, -0.25) is 14.4 Å². The van der Waals surface area contributed by atoms with Crippen LogP contribution in [-0.2, 0) is 20.6 Å². The average molecular weight is 644 g/mol. The van der Waals surface area contributed by atoms with Crippen molar-refractivity contribution in [1.82, 2.24) is 15.3 Å². The van der Waals surface area contributed by atoms with E-state index in [-0.39, 0.29) is 46.6 Å². The van der Waals surface area contributed by atoms with Crippen LogP contribution in [0.25, 0.3) is 21.5 Å². The number of nitrogens with two attached hydrogens (primary N) is 1. The van der Waals surface area contributed by atoms with Crippen molar-refractivity contribution < 1.29 is 41.8 Å². The van der Waals surface area contributed by atoms with Gasteiger partial charge in [0.25, 0.3) is 5.91 Å². The highest BCUT2D eigenvalue weighted by molar-refractivity contribution is 7.22. The first-order valence-corrected chi connectivity index (χ1v) is 14.5. The van der Waals surface area contributed by atoms with Crippen LogP contribution in [0.15, 0.2) is 48.5 Å². The van der Waals surface area contributed by atoms with Crippen molar-refractivity contribution in [2.24, 2.45) is 11.7 Å². The maximum atomic E-state index is 14.7. The van der Waals surface area contributed by atoms with Gasteiger partial charge in [0, 0.05) is 22.6 Å². The van der Waals surface area contributed by atoms with Crippen molar-refractivity contribution in [3.8, 4) is 17.0 Å². The molecule has 2 aliphatic rings. The molecule has 5 N–H and O–H groups in total. The van der Waals surface area contributed by atoms with Gasteiger partial charge in [0.15, 0.2) is 5.13 Å². The smallest absolute Gasteiger partial charge is 0.424 e. The zero-order chi connectivity index (χ0) is 32.3. The molecule has 2 atom stereocenters. The Morgan fingerprint density at radius 3 is 2.47 bits per heavy atom. The number of alkyl halides is 3. The molecule has 1 aliphatic carbocycles. The first-order chi connectivity index (χ1) is 21.2. The summed E-state index contributed by atoms with van der Waals surface area (Å²) >= 11 is 1.11. The van der Waals surface area contributed by atoms with Gasteiger partial charge in [-0.1, -0.05) is 11.3 Å². The summed E-state index contributed by atoms with van der Waals surface area (Å²) in [6.45, 7) is -0.266. The number of aromatic nitrogens is 2. The quantitative estimate of drug-likeness (QED) is 0.210. The van der Waals surface area contributed by atoms with E-state index in [4.69, 9.17) is 10.5 Å². The molecule has 0 radical (unpaired) electrons. The third kappa shape index (κ3) is 5.46. The maximum Gasteiger partial charge on any atom is 0.424 e. The molecule has 3 heterocycles. The van der Waals surface area contributed by atoms with E-state index in [9.17, 15) is 37.1 Å². The number of hydrogen-bond donors (Lipinski definition) is 4. The Kier molecular flexibility index (Phi) is 7.27. The molecule has 4 aromatic rings. The maximum absolute atomic E-state index is 14.7. The molecule has 2 aromatic carbocycles. The Morgan fingerprint density at radius 2 is 1.82 bits per heavy atom. The zero-order valence-corrected chi connectivity index (χ0v) is 24.3. The summed E-state index contributed by atoms with van der Waals surface area (Å²) in [6.07, 6.45) is -3.75. The lowest BCUT2D eigenvalue weighted by Crippen LogP contribution is -2.51. The van der Waals surface area contributed by atoms with Gasteiger partial charge in [0.1, 0.15) is 29.3 Å². The fraction of sp³-hybridized carbons (Fsp3) is 0.300. The van der Waals surface area contributed by atoms with E-state index in [0.717, 1.165) is 42.4 Å². The minimum atomic E-state index is -5.36. The third-order valence-corrected chi connectivity index (χ3v) is 8.89. The normalized spacial score (nSPS) is 19.0. The number of halogens is 4. The molecule has 10 nitrogen and oxygen atoms in total. The number of nitrogens with one attached hydrogen (secondary N) is 2. The topological polar surface area (TPSA) is 157 Å². The summed E-state index contributed by atoms with van der Waals surface area (Å²) in [6, 6.07) is 9.81. The number of nitrogens with zero attached hydrogens (tertiary/aromatic N) is 2. The lowest BCUT2D eigenvalue weighted by atomic mass is 9.81. The molecule has 234 valence electrons. The molecule has 1 aliphatic heterocycles. The first-order valence-electron chi connectivity index (χ1n) is 13.7. The predicted molar refractivity (Wildman–Crippen MR) is 155 cm³/mol. The van der Waals surface area contributed by atoms with Crippen LogP contribution < -0.4 is 21.1 Å². The fourth-order valence-corrected chi connectivity index (χ4v) is 5.83. The molecule has 2 aromatic heterocycles. The van der Waals surface area contributed by atoms with E-state index < -0.39 is 47.1 Å². The van der Waals surface area contributed by atoms with E-state index in [0.29, 0.717) is 15.3 Å². The van der Waals surface area contributed by atoms with Crippen LogP contribution in [0.2, 0.25) is 0 Å². The number of hydrogen-bond acceptors (Lipinski definition) is 8. The second-order valence-corrected chi connectivity index (χ2v) is 12.3. The minimum absolute atomic E-state index is 0.0145. The van der Waals surface area contributed by atoms with Gasteiger partial charge in [0.2, 0.25) is 17.4 Å². The van der Waals surface area contributed by atoms with Gasteiger partial charge in [0.05, 0.1) is 22.5 Å². The van der Waals surface area contributed by atoms with Crippen LogP contribution in [0.5, 0.6) is 5.75 Å². The van der Waals surface area contributed by atoms with Gasteiger partial charge in [-0.15, -0.1) is 0 Å².